The van der Waals surface area contributed by atoms with Crippen LogP contribution in [0.15, 0.2) is 0 Å². The fourth-order valence-corrected chi connectivity index (χ4v) is 13.9. The summed E-state index contributed by atoms with van der Waals surface area (Å²) in [7, 11) is -9.92. The quantitative estimate of drug-likeness (QED) is 0.0222. The predicted molar refractivity (Wildman–Crippen MR) is 405 cm³/mol. The van der Waals surface area contributed by atoms with Crippen LogP contribution >= 0.6 is 15.6 Å². The maximum absolute atomic E-state index is 13.1. The van der Waals surface area contributed by atoms with Gasteiger partial charge in [-0.3, -0.25) is 37.3 Å². The van der Waals surface area contributed by atoms with Crippen molar-refractivity contribution in [3.05, 3.63) is 0 Å². The van der Waals surface area contributed by atoms with Gasteiger partial charge in [0.25, 0.3) is 0 Å². The monoisotopic (exact) mass is 1450 g/mol. The highest BCUT2D eigenvalue weighted by Crippen LogP contribution is 2.45. The number of ether oxygens (including phenoxy) is 4. The number of rotatable bonds is 79. The van der Waals surface area contributed by atoms with Crippen LogP contribution in [0.25, 0.3) is 0 Å². The number of aliphatic hydroxyl groups is 1. The molecule has 0 saturated heterocycles. The molecule has 0 aliphatic carbocycles. The maximum Gasteiger partial charge on any atom is 0.472 e. The molecule has 0 amide bonds. The number of phosphoric ester groups is 2. The number of hydrogen-bond acceptors (Lipinski definition) is 15. The first kappa shape index (κ1) is 97.1. The van der Waals surface area contributed by atoms with Crippen molar-refractivity contribution >= 4 is 39.5 Å². The number of phosphoric acid groups is 2. The summed E-state index contributed by atoms with van der Waals surface area (Å²) < 4.78 is 68.7. The highest BCUT2D eigenvalue weighted by atomic mass is 31.2. The lowest BCUT2D eigenvalue weighted by Gasteiger charge is -2.21. The Morgan fingerprint density at radius 2 is 0.465 bits per heavy atom. The lowest BCUT2D eigenvalue weighted by atomic mass is 10.0. The van der Waals surface area contributed by atoms with Crippen molar-refractivity contribution in [1.82, 2.24) is 0 Å². The van der Waals surface area contributed by atoms with Crippen LogP contribution < -0.4 is 0 Å². The van der Waals surface area contributed by atoms with Crippen molar-refractivity contribution in [3.63, 3.8) is 0 Å². The standard InChI is InChI=1S/C80H156O17P2/c1-7-9-11-13-15-17-19-32-38-44-50-56-62-77(82)90-68-75(96-79(84)64-58-52-46-40-33-20-18-16-14-12-10-8-2)70-94-98(86,87)92-66-74(81)67-93-99(88,89)95-71-76(69-91-78(83)63-57-51-45-39-34-28-25-24-27-31-37-43-49-55-61-73(5)6)97-80(85)65-59-53-47-41-35-29-23-21-22-26-30-36-42-48-54-60-72(3)4/h72-76,81H,7-71H2,1-6H3,(H,86,87)(H,88,89)/t74-,75+,76+/m0/s1. The Labute approximate surface area is 607 Å². The summed E-state index contributed by atoms with van der Waals surface area (Å²) in [5.41, 5.74) is 0. The minimum atomic E-state index is -4.96. The van der Waals surface area contributed by atoms with E-state index in [0.717, 1.165) is 102 Å². The first-order chi connectivity index (χ1) is 47.9. The number of unbranched alkanes of at least 4 members (excludes halogenated alkanes) is 49. The summed E-state index contributed by atoms with van der Waals surface area (Å²) in [6.07, 6.45) is 60.9. The van der Waals surface area contributed by atoms with Crippen molar-refractivity contribution in [2.24, 2.45) is 11.8 Å². The van der Waals surface area contributed by atoms with E-state index in [1.54, 1.807) is 0 Å². The number of hydrogen-bond donors (Lipinski definition) is 3. The molecule has 0 bridgehead atoms. The summed E-state index contributed by atoms with van der Waals surface area (Å²) in [6, 6.07) is 0. The van der Waals surface area contributed by atoms with E-state index < -0.39 is 97.5 Å². The van der Waals surface area contributed by atoms with Gasteiger partial charge in [-0.2, -0.15) is 0 Å². The van der Waals surface area contributed by atoms with Crippen LogP contribution in [0.2, 0.25) is 0 Å². The van der Waals surface area contributed by atoms with Crippen LogP contribution in [-0.4, -0.2) is 96.7 Å². The zero-order valence-electron chi connectivity index (χ0n) is 64.8. The predicted octanol–water partition coefficient (Wildman–Crippen LogP) is 23.9. The first-order valence-electron chi connectivity index (χ1n) is 41.5. The van der Waals surface area contributed by atoms with Crippen molar-refractivity contribution < 1.29 is 80.2 Å². The molecule has 0 aromatic heterocycles. The van der Waals surface area contributed by atoms with Gasteiger partial charge in [-0.15, -0.1) is 0 Å². The van der Waals surface area contributed by atoms with Gasteiger partial charge < -0.3 is 33.8 Å². The summed E-state index contributed by atoms with van der Waals surface area (Å²) >= 11 is 0. The molecular formula is C80H156O17P2. The van der Waals surface area contributed by atoms with Crippen molar-refractivity contribution in [1.29, 1.82) is 0 Å². The van der Waals surface area contributed by atoms with Gasteiger partial charge >= 0.3 is 39.5 Å². The van der Waals surface area contributed by atoms with E-state index >= 15 is 0 Å². The van der Waals surface area contributed by atoms with Gasteiger partial charge in [0.2, 0.25) is 0 Å². The van der Waals surface area contributed by atoms with Gasteiger partial charge in [-0.25, -0.2) is 9.13 Å². The summed E-state index contributed by atoms with van der Waals surface area (Å²) in [5, 5.41) is 10.6. The normalized spacial score (nSPS) is 13.9. The van der Waals surface area contributed by atoms with Gasteiger partial charge in [-0.1, -0.05) is 369 Å². The molecule has 0 radical (unpaired) electrons. The average Bonchev–Trinajstić information content (AvgIpc) is 2.26. The largest absolute Gasteiger partial charge is 0.472 e. The molecule has 0 aliphatic rings. The smallest absolute Gasteiger partial charge is 0.462 e. The molecule has 99 heavy (non-hydrogen) atoms. The van der Waals surface area contributed by atoms with Gasteiger partial charge in [-0.05, 0) is 37.5 Å². The second-order valence-corrected chi connectivity index (χ2v) is 32.7. The molecule has 0 saturated carbocycles. The second kappa shape index (κ2) is 71.7. The Hall–Kier alpha value is -1.94. The molecule has 0 fully saturated rings. The third-order valence-corrected chi connectivity index (χ3v) is 20.6. The summed E-state index contributed by atoms with van der Waals surface area (Å²) in [4.78, 5) is 73.0. The lowest BCUT2D eigenvalue weighted by Crippen LogP contribution is -2.30. The van der Waals surface area contributed by atoms with E-state index in [2.05, 4.69) is 41.5 Å². The van der Waals surface area contributed by atoms with Crippen LogP contribution in [0, 0.1) is 11.8 Å². The number of aliphatic hydroxyl groups excluding tert-OH is 1. The maximum atomic E-state index is 13.1. The number of carbonyl (C=O) groups excluding carboxylic acids is 4. The van der Waals surface area contributed by atoms with E-state index in [1.807, 2.05) is 0 Å². The van der Waals surface area contributed by atoms with Gasteiger partial charge in [0.05, 0.1) is 26.4 Å². The highest BCUT2D eigenvalue weighted by Gasteiger charge is 2.30. The van der Waals surface area contributed by atoms with Crippen LogP contribution in [0.4, 0.5) is 0 Å². The molecular weight excluding hydrogens is 1290 g/mol. The minimum Gasteiger partial charge on any atom is -0.462 e. The Bertz CT molecular complexity index is 1910. The lowest BCUT2D eigenvalue weighted by molar-refractivity contribution is -0.161. The number of esters is 4. The van der Waals surface area contributed by atoms with Crippen LogP contribution in [0.1, 0.15) is 420 Å². The summed E-state index contributed by atoms with van der Waals surface area (Å²) in [5.74, 6) is -0.505. The van der Waals surface area contributed by atoms with Crippen LogP contribution in [0.3, 0.4) is 0 Å². The van der Waals surface area contributed by atoms with E-state index in [4.69, 9.17) is 37.0 Å². The fourth-order valence-electron chi connectivity index (χ4n) is 12.4. The SMILES string of the molecule is CCCCCCCCCCCCCCC(=O)OC[C@H](COP(=O)(O)OC[C@H](O)COP(=O)(O)OC[C@@H](COC(=O)CCCCCCCCCCCCCCCCC(C)C)OC(=O)CCCCCCCCCCCCCCCCCC(C)C)OC(=O)CCCCCCCCCCCCCC. The molecule has 17 nitrogen and oxygen atoms in total. The Balaban J connectivity index is 5.25. The molecule has 5 atom stereocenters. The summed E-state index contributed by atoms with van der Waals surface area (Å²) in [6.45, 7) is 9.68. The second-order valence-electron chi connectivity index (χ2n) is 29.8. The topological polar surface area (TPSA) is 237 Å². The third-order valence-electron chi connectivity index (χ3n) is 18.7. The molecule has 19 heteroatoms. The van der Waals surface area contributed by atoms with E-state index in [0.29, 0.717) is 25.7 Å². The molecule has 3 N–H and O–H groups in total. The zero-order chi connectivity index (χ0) is 72.8. The number of carbonyl (C=O) groups is 4. The van der Waals surface area contributed by atoms with Crippen molar-refractivity contribution in [2.45, 2.75) is 439 Å². The Morgan fingerprint density at radius 1 is 0.273 bits per heavy atom. The van der Waals surface area contributed by atoms with Gasteiger partial charge in [0.15, 0.2) is 12.2 Å². The van der Waals surface area contributed by atoms with Gasteiger partial charge in [0.1, 0.15) is 19.3 Å². The zero-order valence-corrected chi connectivity index (χ0v) is 66.6. The van der Waals surface area contributed by atoms with Crippen molar-refractivity contribution in [3.8, 4) is 0 Å². The minimum absolute atomic E-state index is 0.108. The molecule has 0 aromatic rings. The molecule has 0 heterocycles. The molecule has 588 valence electrons. The van der Waals surface area contributed by atoms with E-state index in [9.17, 15) is 43.2 Å². The van der Waals surface area contributed by atoms with Gasteiger partial charge in [0, 0.05) is 25.7 Å². The fraction of sp³-hybridized carbons (Fsp3) is 0.950. The molecule has 0 rings (SSSR count). The van der Waals surface area contributed by atoms with Crippen molar-refractivity contribution in [2.75, 3.05) is 39.6 Å². The highest BCUT2D eigenvalue weighted by molar-refractivity contribution is 7.47. The van der Waals surface area contributed by atoms with E-state index in [1.165, 1.54) is 238 Å². The van der Waals surface area contributed by atoms with Crippen LogP contribution in [-0.2, 0) is 65.4 Å². The molecule has 0 spiro atoms. The molecule has 0 aromatic carbocycles. The average molecular weight is 1450 g/mol. The first-order valence-corrected chi connectivity index (χ1v) is 44.5. The Morgan fingerprint density at radius 3 is 0.687 bits per heavy atom. The Kier molecular flexibility index (Phi) is 70.3. The molecule has 0 aliphatic heterocycles. The molecule has 2 unspecified atom stereocenters. The third kappa shape index (κ3) is 74.1. The van der Waals surface area contributed by atoms with E-state index in [-0.39, 0.29) is 25.7 Å². The van der Waals surface area contributed by atoms with Crippen LogP contribution in [0.5, 0.6) is 0 Å².